The molecule has 144 valence electrons. The van der Waals surface area contributed by atoms with Crippen LogP contribution in [0.3, 0.4) is 0 Å². The van der Waals surface area contributed by atoms with Crippen molar-refractivity contribution in [1.82, 2.24) is 14.9 Å². The maximum Gasteiger partial charge on any atom is 0.254 e. The number of nitrogens with two attached hydrogens (primary N) is 1. The summed E-state index contributed by atoms with van der Waals surface area (Å²) < 4.78 is 0. The monoisotopic (exact) mass is 394 g/mol. The Kier molecular flexibility index (Phi) is 5.34. The molecular weight excluding hydrogens is 372 g/mol. The lowest BCUT2D eigenvalue weighted by Crippen LogP contribution is -2.44. The van der Waals surface area contributed by atoms with Crippen molar-refractivity contribution < 1.29 is 9.59 Å². The van der Waals surface area contributed by atoms with Gasteiger partial charge in [0, 0.05) is 24.4 Å². The topological polar surface area (TPSA) is 92.1 Å². The summed E-state index contributed by atoms with van der Waals surface area (Å²) in [6.07, 6.45) is 1.55. The predicted octanol–water partition coefficient (Wildman–Crippen LogP) is 3.19. The van der Waals surface area contributed by atoms with Crippen LogP contribution in [0.1, 0.15) is 28.8 Å². The molecule has 1 aliphatic heterocycles. The number of para-hydroxylation sites is 2. The van der Waals surface area contributed by atoms with Crippen LogP contribution in [0.25, 0.3) is 11.0 Å². The number of primary amides is 1. The van der Waals surface area contributed by atoms with Crippen LogP contribution in [-0.2, 0) is 10.5 Å². The van der Waals surface area contributed by atoms with Crippen LogP contribution in [0.2, 0.25) is 0 Å². The number of aromatic amines is 1. The summed E-state index contributed by atoms with van der Waals surface area (Å²) >= 11 is 1.57. The van der Waals surface area contributed by atoms with Crippen molar-refractivity contribution in [1.29, 1.82) is 0 Å². The first-order valence-corrected chi connectivity index (χ1v) is 10.3. The number of likely N-dealkylation sites (tertiary alicyclic amines) is 1. The van der Waals surface area contributed by atoms with Gasteiger partial charge in [0.05, 0.1) is 17.0 Å². The number of carbonyl (C=O) groups is 2. The van der Waals surface area contributed by atoms with Gasteiger partial charge in [-0.1, -0.05) is 42.1 Å². The van der Waals surface area contributed by atoms with E-state index in [1.54, 1.807) is 16.7 Å². The van der Waals surface area contributed by atoms with Gasteiger partial charge in [-0.25, -0.2) is 4.98 Å². The molecule has 0 bridgehead atoms. The number of H-pyrrole nitrogens is 1. The highest BCUT2D eigenvalue weighted by atomic mass is 32.2. The first-order valence-electron chi connectivity index (χ1n) is 9.36. The Morgan fingerprint density at radius 3 is 2.79 bits per heavy atom. The number of amides is 2. The lowest BCUT2D eigenvalue weighted by Gasteiger charge is -2.31. The van der Waals surface area contributed by atoms with Gasteiger partial charge < -0.3 is 15.6 Å². The van der Waals surface area contributed by atoms with Crippen LogP contribution in [0.15, 0.2) is 53.7 Å². The van der Waals surface area contributed by atoms with E-state index in [1.807, 2.05) is 48.5 Å². The molecule has 2 amide bonds. The quantitative estimate of drug-likeness (QED) is 0.650. The SMILES string of the molecule is NC(=O)C1CCCN(C(=O)c2ccccc2CSc2nc3ccccc3[nH]2)C1. The molecule has 1 saturated heterocycles. The fraction of sp³-hybridized carbons (Fsp3) is 0.286. The standard InChI is InChI=1S/C21H22N4O2S/c22-19(26)14-7-5-11-25(12-14)20(27)16-8-2-1-6-15(16)13-28-21-23-17-9-3-4-10-18(17)24-21/h1-4,6,8-10,14H,5,7,11-13H2,(H2,22,26)(H,23,24). The van der Waals surface area contributed by atoms with E-state index in [0.29, 0.717) is 24.4 Å². The molecule has 1 unspecified atom stereocenters. The molecule has 3 aromatic rings. The normalized spacial score (nSPS) is 17.0. The molecule has 4 rings (SSSR count). The molecule has 0 saturated carbocycles. The van der Waals surface area contributed by atoms with Crippen LogP contribution in [0.4, 0.5) is 0 Å². The van der Waals surface area contributed by atoms with Crippen LogP contribution in [-0.4, -0.2) is 39.8 Å². The summed E-state index contributed by atoms with van der Waals surface area (Å²) in [5.74, 6) is 0.0159. The van der Waals surface area contributed by atoms with Gasteiger partial charge in [-0.3, -0.25) is 9.59 Å². The number of hydrogen-bond acceptors (Lipinski definition) is 4. The molecule has 0 aliphatic carbocycles. The van der Waals surface area contributed by atoms with Gasteiger partial charge in [-0.2, -0.15) is 0 Å². The van der Waals surface area contributed by atoms with Gasteiger partial charge in [-0.05, 0) is 36.6 Å². The molecule has 2 heterocycles. The Morgan fingerprint density at radius 2 is 1.96 bits per heavy atom. The number of rotatable bonds is 5. The minimum Gasteiger partial charge on any atom is -0.369 e. The lowest BCUT2D eigenvalue weighted by atomic mass is 9.96. The van der Waals surface area contributed by atoms with Gasteiger partial charge >= 0.3 is 0 Å². The average molecular weight is 395 g/mol. The Hall–Kier alpha value is -2.80. The van der Waals surface area contributed by atoms with Crippen molar-refractivity contribution in [2.24, 2.45) is 11.7 Å². The molecule has 0 spiro atoms. The number of hydrogen-bond donors (Lipinski definition) is 2. The van der Waals surface area contributed by atoms with Crippen LogP contribution in [0, 0.1) is 5.92 Å². The number of carbonyl (C=O) groups excluding carboxylic acids is 2. The molecule has 0 radical (unpaired) electrons. The fourth-order valence-corrected chi connectivity index (χ4v) is 4.45. The third-order valence-electron chi connectivity index (χ3n) is 5.09. The van der Waals surface area contributed by atoms with E-state index in [9.17, 15) is 9.59 Å². The predicted molar refractivity (Wildman–Crippen MR) is 110 cm³/mol. The zero-order chi connectivity index (χ0) is 19.5. The van der Waals surface area contributed by atoms with Crippen molar-refractivity contribution in [3.8, 4) is 0 Å². The van der Waals surface area contributed by atoms with Crippen LogP contribution < -0.4 is 5.73 Å². The number of aromatic nitrogens is 2. The molecule has 1 aliphatic rings. The van der Waals surface area contributed by atoms with Gasteiger partial charge in [0.25, 0.3) is 5.91 Å². The van der Waals surface area contributed by atoms with Crippen molar-refractivity contribution in [2.75, 3.05) is 13.1 Å². The molecular formula is C21H22N4O2S. The number of fused-ring (bicyclic) bond motifs is 1. The Labute approximate surface area is 167 Å². The summed E-state index contributed by atoms with van der Waals surface area (Å²) in [6.45, 7) is 1.06. The molecule has 1 fully saturated rings. The van der Waals surface area contributed by atoms with E-state index in [1.165, 1.54) is 0 Å². The number of thioether (sulfide) groups is 1. The van der Waals surface area contributed by atoms with E-state index in [0.717, 1.165) is 34.6 Å². The number of imidazole rings is 1. The Balaban J connectivity index is 1.50. The van der Waals surface area contributed by atoms with Gasteiger partial charge in [0.2, 0.25) is 5.91 Å². The fourth-order valence-electron chi connectivity index (χ4n) is 3.56. The van der Waals surface area contributed by atoms with E-state index < -0.39 is 0 Å². The Bertz CT molecular complexity index is 983. The average Bonchev–Trinajstić information content (AvgIpc) is 3.15. The van der Waals surface area contributed by atoms with E-state index >= 15 is 0 Å². The molecule has 1 aromatic heterocycles. The van der Waals surface area contributed by atoms with E-state index in [4.69, 9.17) is 5.73 Å². The third-order valence-corrected chi connectivity index (χ3v) is 6.01. The zero-order valence-corrected chi connectivity index (χ0v) is 16.2. The lowest BCUT2D eigenvalue weighted by molar-refractivity contribution is -0.123. The van der Waals surface area contributed by atoms with Crippen molar-refractivity contribution in [3.63, 3.8) is 0 Å². The molecule has 3 N–H and O–H groups in total. The molecule has 6 nitrogen and oxygen atoms in total. The summed E-state index contributed by atoms with van der Waals surface area (Å²) in [5, 5.41) is 0.829. The maximum atomic E-state index is 13.1. The maximum absolute atomic E-state index is 13.1. The van der Waals surface area contributed by atoms with Gasteiger partial charge in [0.15, 0.2) is 5.16 Å². The highest BCUT2D eigenvalue weighted by Crippen LogP contribution is 2.26. The summed E-state index contributed by atoms with van der Waals surface area (Å²) in [4.78, 5) is 34.2. The second-order valence-electron chi connectivity index (χ2n) is 7.00. The van der Waals surface area contributed by atoms with Crippen LogP contribution >= 0.6 is 11.8 Å². The number of nitrogens with one attached hydrogen (secondary N) is 1. The summed E-state index contributed by atoms with van der Waals surface area (Å²) in [6, 6.07) is 15.5. The van der Waals surface area contributed by atoms with Crippen molar-refractivity contribution in [3.05, 3.63) is 59.7 Å². The third kappa shape index (κ3) is 3.89. The Morgan fingerprint density at radius 1 is 1.18 bits per heavy atom. The van der Waals surface area contributed by atoms with Crippen molar-refractivity contribution in [2.45, 2.75) is 23.8 Å². The van der Waals surface area contributed by atoms with Crippen molar-refractivity contribution >= 4 is 34.6 Å². The molecule has 7 heteroatoms. The molecule has 2 aromatic carbocycles. The van der Waals surface area contributed by atoms with E-state index in [-0.39, 0.29) is 17.7 Å². The first-order chi connectivity index (χ1) is 13.6. The first kappa shape index (κ1) is 18.6. The molecule has 28 heavy (non-hydrogen) atoms. The second-order valence-corrected chi connectivity index (χ2v) is 7.96. The summed E-state index contributed by atoms with van der Waals surface area (Å²) in [5.41, 5.74) is 9.02. The number of nitrogens with zero attached hydrogens (tertiary/aromatic N) is 2. The second kappa shape index (κ2) is 8.06. The number of piperidine rings is 1. The van der Waals surface area contributed by atoms with Gasteiger partial charge in [0.1, 0.15) is 0 Å². The highest BCUT2D eigenvalue weighted by Gasteiger charge is 2.28. The number of benzene rings is 2. The largest absolute Gasteiger partial charge is 0.369 e. The zero-order valence-electron chi connectivity index (χ0n) is 15.4. The highest BCUT2D eigenvalue weighted by molar-refractivity contribution is 7.98. The summed E-state index contributed by atoms with van der Waals surface area (Å²) in [7, 11) is 0. The van der Waals surface area contributed by atoms with E-state index in [2.05, 4.69) is 9.97 Å². The minimum atomic E-state index is -0.328. The van der Waals surface area contributed by atoms with Crippen LogP contribution in [0.5, 0.6) is 0 Å². The smallest absolute Gasteiger partial charge is 0.254 e. The van der Waals surface area contributed by atoms with Gasteiger partial charge in [-0.15, -0.1) is 0 Å². The minimum absolute atomic E-state index is 0.0354. The molecule has 1 atom stereocenters.